The van der Waals surface area contributed by atoms with Gasteiger partial charge in [-0.3, -0.25) is 9.59 Å². The van der Waals surface area contributed by atoms with Crippen LogP contribution < -0.4 is 0 Å². The van der Waals surface area contributed by atoms with Gasteiger partial charge in [0.2, 0.25) is 0 Å². The zero-order valence-corrected chi connectivity index (χ0v) is 6.91. The van der Waals surface area contributed by atoms with Gasteiger partial charge in [-0.2, -0.15) is 0 Å². The van der Waals surface area contributed by atoms with Crippen molar-refractivity contribution in [1.29, 1.82) is 0 Å². The summed E-state index contributed by atoms with van der Waals surface area (Å²) in [6, 6.07) is 0. The van der Waals surface area contributed by atoms with Crippen molar-refractivity contribution in [1.82, 2.24) is 0 Å². The topological polar surface area (TPSA) is 52.6 Å². The third-order valence-electron chi connectivity index (χ3n) is 1.46. The van der Waals surface area contributed by atoms with E-state index in [1.165, 1.54) is 0 Å². The summed E-state index contributed by atoms with van der Waals surface area (Å²) in [7, 11) is 0. The second-order valence-electron chi connectivity index (χ2n) is 2.68. The Bertz CT molecular complexity index is 167. The molecule has 0 amide bonds. The predicted molar refractivity (Wildman–Crippen MR) is 40.0 cm³/mol. The molecule has 1 rings (SSSR count). The maximum atomic E-state index is 10.9. The van der Waals surface area contributed by atoms with E-state index in [1.807, 2.05) is 0 Å². The molecule has 0 aromatic rings. The monoisotopic (exact) mass is 171 g/mol. The molecule has 1 aliphatic heterocycles. The molecular weight excluding hydrogens is 160 g/mol. The Morgan fingerprint density at radius 2 is 2.17 bits per heavy atom. The van der Waals surface area contributed by atoms with Crippen molar-refractivity contribution in [3.05, 3.63) is 6.42 Å². The summed E-state index contributed by atoms with van der Waals surface area (Å²) in [4.78, 5) is 21.8. The van der Waals surface area contributed by atoms with Crippen molar-refractivity contribution >= 4 is 11.9 Å². The molecule has 1 heterocycles. The van der Waals surface area contributed by atoms with Crippen LogP contribution in [0.2, 0.25) is 0 Å². The van der Waals surface area contributed by atoms with Crippen LogP contribution in [0.5, 0.6) is 0 Å². The largest absolute Gasteiger partial charge is 0.465 e. The first-order valence-corrected chi connectivity index (χ1v) is 3.85. The zero-order chi connectivity index (χ0) is 8.97. The van der Waals surface area contributed by atoms with Crippen LogP contribution in [-0.2, 0) is 19.1 Å². The van der Waals surface area contributed by atoms with Gasteiger partial charge in [0.1, 0.15) is 6.10 Å². The number of rotatable bonds is 0. The van der Waals surface area contributed by atoms with E-state index >= 15 is 0 Å². The highest BCUT2D eigenvalue weighted by Crippen LogP contribution is 2.06. The minimum atomic E-state index is -0.378. The molecule has 4 heteroatoms. The number of hydrogen-bond acceptors (Lipinski definition) is 4. The van der Waals surface area contributed by atoms with Gasteiger partial charge in [0, 0.05) is 6.42 Å². The van der Waals surface area contributed by atoms with Crippen LogP contribution in [0.4, 0.5) is 0 Å². The molecule has 1 aliphatic rings. The maximum Gasteiger partial charge on any atom is 0.309 e. The second kappa shape index (κ2) is 4.09. The molecule has 1 atom stereocenters. The third kappa shape index (κ3) is 2.90. The zero-order valence-electron chi connectivity index (χ0n) is 6.91. The standard InChI is InChI=1S/C8H11O4/c1-6-5-8(10)11-4-2-3-7(9)12-6/h2,6H,3-5H2,1H3. The first-order chi connectivity index (χ1) is 5.68. The van der Waals surface area contributed by atoms with Crippen molar-refractivity contribution in [3.8, 4) is 0 Å². The summed E-state index contributed by atoms with van der Waals surface area (Å²) in [6.07, 6.45) is 1.55. The van der Waals surface area contributed by atoms with E-state index in [2.05, 4.69) is 0 Å². The van der Waals surface area contributed by atoms with Crippen LogP contribution >= 0.6 is 0 Å². The summed E-state index contributed by atoms with van der Waals surface area (Å²) >= 11 is 0. The van der Waals surface area contributed by atoms with E-state index in [0.29, 0.717) is 0 Å². The lowest BCUT2D eigenvalue weighted by molar-refractivity contribution is -0.151. The quantitative estimate of drug-likeness (QED) is 0.497. The Morgan fingerprint density at radius 1 is 1.42 bits per heavy atom. The molecule has 1 unspecified atom stereocenters. The highest BCUT2D eigenvalue weighted by Gasteiger charge is 2.17. The van der Waals surface area contributed by atoms with Gasteiger partial charge < -0.3 is 9.47 Å². The lowest BCUT2D eigenvalue weighted by Gasteiger charge is -2.09. The molecule has 1 fully saturated rings. The number of hydrogen-bond donors (Lipinski definition) is 0. The minimum absolute atomic E-state index is 0.138. The normalized spacial score (nSPS) is 26.2. The smallest absolute Gasteiger partial charge is 0.309 e. The van der Waals surface area contributed by atoms with Gasteiger partial charge in [-0.25, -0.2) is 0 Å². The Hall–Kier alpha value is -1.06. The summed E-state index contributed by atoms with van der Waals surface area (Å²) < 4.78 is 9.63. The average Bonchev–Trinajstić information content (AvgIpc) is 2.01. The van der Waals surface area contributed by atoms with Crippen molar-refractivity contribution in [2.75, 3.05) is 6.61 Å². The highest BCUT2D eigenvalue weighted by atomic mass is 16.6. The van der Waals surface area contributed by atoms with Crippen LogP contribution in [0.15, 0.2) is 0 Å². The molecule has 12 heavy (non-hydrogen) atoms. The van der Waals surface area contributed by atoms with Crippen LogP contribution in [-0.4, -0.2) is 24.6 Å². The molecule has 0 bridgehead atoms. The molecule has 0 aromatic carbocycles. The van der Waals surface area contributed by atoms with Gasteiger partial charge in [0.25, 0.3) is 0 Å². The van der Waals surface area contributed by atoms with Crippen molar-refractivity contribution in [2.24, 2.45) is 0 Å². The molecule has 0 N–H and O–H groups in total. The average molecular weight is 171 g/mol. The van der Waals surface area contributed by atoms with Crippen LogP contribution in [0.1, 0.15) is 19.8 Å². The molecule has 0 spiro atoms. The SMILES string of the molecule is CC1CC(=O)OC[CH]CC(=O)O1. The summed E-state index contributed by atoms with van der Waals surface area (Å²) in [5.74, 6) is -0.630. The van der Waals surface area contributed by atoms with Gasteiger partial charge in [-0.1, -0.05) is 0 Å². The number of ether oxygens (including phenoxy) is 2. The van der Waals surface area contributed by atoms with E-state index < -0.39 is 0 Å². The Labute approximate surface area is 70.8 Å². The van der Waals surface area contributed by atoms with E-state index in [4.69, 9.17) is 9.47 Å². The van der Waals surface area contributed by atoms with Crippen molar-refractivity contribution in [2.45, 2.75) is 25.9 Å². The number of cyclic esters (lactones) is 2. The molecule has 0 aromatic heterocycles. The molecule has 4 nitrogen and oxygen atoms in total. The van der Waals surface area contributed by atoms with Crippen molar-refractivity contribution < 1.29 is 19.1 Å². The van der Waals surface area contributed by atoms with Crippen LogP contribution in [0.25, 0.3) is 0 Å². The van der Waals surface area contributed by atoms with Gasteiger partial charge >= 0.3 is 11.9 Å². The second-order valence-corrected chi connectivity index (χ2v) is 2.68. The minimum Gasteiger partial charge on any atom is -0.465 e. The molecule has 67 valence electrons. The van der Waals surface area contributed by atoms with E-state index in [0.717, 1.165) is 0 Å². The van der Waals surface area contributed by atoms with Crippen LogP contribution in [0.3, 0.4) is 0 Å². The molecular formula is C8H11O4. The van der Waals surface area contributed by atoms with Gasteiger partial charge in [-0.05, 0) is 6.92 Å². The van der Waals surface area contributed by atoms with E-state index in [9.17, 15) is 9.59 Å². The molecule has 1 radical (unpaired) electrons. The first-order valence-electron chi connectivity index (χ1n) is 3.85. The van der Waals surface area contributed by atoms with Crippen molar-refractivity contribution in [3.63, 3.8) is 0 Å². The fourth-order valence-corrected chi connectivity index (χ4v) is 0.936. The Morgan fingerprint density at radius 3 is 2.92 bits per heavy atom. The Kier molecular flexibility index (Phi) is 3.08. The van der Waals surface area contributed by atoms with Gasteiger partial charge in [-0.15, -0.1) is 0 Å². The number of carbonyl (C=O) groups excluding carboxylic acids is 2. The van der Waals surface area contributed by atoms with Gasteiger partial charge in [0.05, 0.1) is 19.4 Å². The number of carbonyl (C=O) groups is 2. The molecule has 0 aliphatic carbocycles. The predicted octanol–water partition coefficient (Wildman–Crippen LogP) is 0.459. The summed E-state index contributed by atoms with van der Waals surface area (Å²) in [6.45, 7) is 1.87. The summed E-state index contributed by atoms with van der Waals surface area (Å²) in [5.41, 5.74) is 0. The first kappa shape index (κ1) is 9.03. The molecule has 1 saturated heterocycles. The Balaban J connectivity index is 2.48. The lowest BCUT2D eigenvalue weighted by atomic mass is 10.3. The third-order valence-corrected chi connectivity index (χ3v) is 1.46. The highest BCUT2D eigenvalue weighted by molar-refractivity contribution is 5.74. The fourth-order valence-electron chi connectivity index (χ4n) is 0.936. The van der Waals surface area contributed by atoms with E-state index in [-0.39, 0.29) is 37.5 Å². The van der Waals surface area contributed by atoms with E-state index in [1.54, 1.807) is 13.3 Å². The maximum absolute atomic E-state index is 10.9. The summed E-state index contributed by atoms with van der Waals surface area (Å²) in [5, 5.41) is 0. The fraction of sp³-hybridized carbons (Fsp3) is 0.625. The molecule has 0 saturated carbocycles. The lowest BCUT2D eigenvalue weighted by Crippen LogP contribution is -2.17. The van der Waals surface area contributed by atoms with Gasteiger partial charge in [0.15, 0.2) is 0 Å². The number of esters is 2. The van der Waals surface area contributed by atoms with Crippen LogP contribution in [0, 0.1) is 6.42 Å².